The van der Waals surface area contributed by atoms with Crippen molar-refractivity contribution in [2.45, 2.75) is 52.1 Å². The van der Waals surface area contributed by atoms with Gasteiger partial charge in [-0.2, -0.15) is 0 Å². The number of nitrogens with one attached hydrogen (secondary N) is 1. The summed E-state index contributed by atoms with van der Waals surface area (Å²) in [6.45, 7) is 6.62. The van der Waals surface area contributed by atoms with E-state index in [2.05, 4.69) is 29.1 Å². The lowest BCUT2D eigenvalue weighted by atomic mass is 9.93. The van der Waals surface area contributed by atoms with Gasteiger partial charge in [0.05, 0.1) is 17.5 Å². The quantitative estimate of drug-likeness (QED) is 0.765. The van der Waals surface area contributed by atoms with E-state index in [0.717, 1.165) is 37.2 Å². The van der Waals surface area contributed by atoms with Crippen molar-refractivity contribution in [1.29, 1.82) is 0 Å². The number of aromatic nitrogens is 2. The van der Waals surface area contributed by atoms with E-state index in [1.54, 1.807) is 12.4 Å². The summed E-state index contributed by atoms with van der Waals surface area (Å²) in [7, 11) is 0. The SMILES string of the molecule is CCCC(O)(CCC)CNc1cncc(C)n1. The van der Waals surface area contributed by atoms with Crippen molar-refractivity contribution in [3.8, 4) is 0 Å². The molecule has 0 aliphatic rings. The Labute approximate surface area is 103 Å². The van der Waals surface area contributed by atoms with Crippen molar-refractivity contribution in [3.63, 3.8) is 0 Å². The van der Waals surface area contributed by atoms with E-state index in [1.165, 1.54) is 0 Å². The fourth-order valence-electron chi connectivity index (χ4n) is 2.04. The molecule has 1 aromatic rings. The van der Waals surface area contributed by atoms with E-state index in [9.17, 15) is 5.11 Å². The molecule has 0 amide bonds. The molecule has 4 heteroatoms. The van der Waals surface area contributed by atoms with Gasteiger partial charge in [-0.1, -0.05) is 26.7 Å². The van der Waals surface area contributed by atoms with Gasteiger partial charge in [0.25, 0.3) is 0 Å². The third-order valence-corrected chi connectivity index (χ3v) is 2.78. The molecule has 0 aliphatic heterocycles. The molecule has 1 rings (SSSR count). The summed E-state index contributed by atoms with van der Waals surface area (Å²) in [4.78, 5) is 8.38. The van der Waals surface area contributed by atoms with E-state index in [-0.39, 0.29) is 0 Å². The van der Waals surface area contributed by atoms with Crippen LogP contribution < -0.4 is 5.32 Å². The molecule has 0 aliphatic carbocycles. The summed E-state index contributed by atoms with van der Waals surface area (Å²) in [5.74, 6) is 0.732. The lowest BCUT2D eigenvalue weighted by Gasteiger charge is -2.28. The second-order valence-corrected chi connectivity index (χ2v) is 4.62. The van der Waals surface area contributed by atoms with Crippen LogP contribution in [-0.4, -0.2) is 27.2 Å². The number of aliphatic hydroxyl groups is 1. The molecule has 96 valence electrons. The number of aryl methyl sites for hydroxylation is 1. The van der Waals surface area contributed by atoms with Crippen LogP contribution in [0.3, 0.4) is 0 Å². The van der Waals surface area contributed by atoms with Crippen LogP contribution in [0.1, 0.15) is 45.2 Å². The van der Waals surface area contributed by atoms with Crippen LogP contribution in [0.15, 0.2) is 12.4 Å². The Kier molecular flexibility index (Phi) is 5.35. The Morgan fingerprint density at radius 3 is 2.41 bits per heavy atom. The highest BCUT2D eigenvalue weighted by Crippen LogP contribution is 2.20. The Bertz CT molecular complexity index is 335. The fraction of sp³-hybridized carbons (Fsp3) is 0.692. The smallest absolute Gasteiger partial charge is 0.144 e. The zero-order chi connectivity index (χ0) is 12.7. The van der Waals surface area contributed by atoms with Crippen molar-refractivity contribution in [2.75, 3.05) is 11.9 Å². The lowest BCUT2D eigenvalue weighted by Crippen LogP contribution is -2.36. The first kappa shape index (κ1) is 13.9. The summed E-state index contributed by atoms with van der Waals surface area (Å²) in [6, 6.07) is 0. The van der Waals surface area contributed by atoms with Crippen LogP contribution in [0.4, 0.5) is 5.82 Å². The van der Waals surface area contributed by atoms with Gasteiger partial charge in [0.2, 0.25) is 0 Å². The molecular formula is C13H23N3O. The van der Waals surface area contributed by atoms with Crippen LogP contribution >= 0.6 is 0 Å². The van der Waals surface area contributed by atoms with Gasteiger partial charge in [-0.15, -0.1) is 0 Å². The molecule has 1 aromatic heterocycles. The third-order valence-electron chi connectivity index (χ3n) is 2.78. The van der Waals surface area contributed by atoms with Crippen molar-refractivity contribution < 1.29 is 5.11 Å². The highest BCUT2D eigenvalue weighted by atomic mass is 16.3. The normalized spacial score (nSPS) is 11.5. The molecule has 0 fully saturated rings. The van der Waals surface area contributed by atoms with Crippen molar-refractivity contribution in [2.24, 2.45) is 0 Å². The van der Waals surface area contributed by atoms with Crippen LogP contribution in [-0.2, 0) is 0 Å². The standard InChI is InChI=1S/C13H23N3O/c1-4-6-13(17,7-5-2)10-15-12-9-14-8-11(3)16-12/h8-9,17H,4-7,10H2,1-3H3,(H,15,16). The highest BCUT2D eigenvalue weighted by Gasteiger charge is 2.24. The van der Waals surface area contributed by atoms with Crippen LogP contribution in [0.2, 0.25) is 0 Å². The first-order valence-electron chi connectivity index (χ1n) is 6.34. The third kappa shape index (κ3) is 4.69. The second kappa shape index (κ2) is 6.55. The lowest BCUT2D eigenvalue weighted by molar-refractivity contribution is 0.0343. The van der Waals surface area contributed by atoms with E-state index in [0.29, 0.717) is 6.54 Å². The fourth-order valence-corrected chi connectivity index (χ4v) is 2.04. The molecule has 0 bridgehead atoms. The van der Waals surface area contributed by atoms with Crippen LogP contribution in [0, 0.1) is 6.92 Å². The van der Waals surface area contributed by atoms with Gasteiger partial charge in [0.15, 0.2) is 0 Å². The van der Waals surface area contributed by atoms with Crippen LogP contribution in [0.5, 0.6) is 0 Å². The maximum atomic E-state index is 10.4. The summed E-state index contributed by atoms with van der Waals surface area (Å²) in [5.41, 5.74) is 0.249. The molecule has 0 saturated heterocycles. The summed E-state index contributed by atoms with van der Waals surface area (Å²) in [6.07, 6.45) is 7.00. The van der Waals surface area contributed by atoms with Crippen molar-refractivity contribution in [1.82, 2.24) is 9.97 Å². The molecule has 0 saturated carbocycles. The number of hydrogen-bond acceptors (Lipinski definition) is 4. The summed E-state index contributed by atoms with van der Waals surface area (Å²) >= 11 is 0. The number of anilines is 1. The maximum Gasteiger partial charge on any atom is 0.144 e. The van der Waals surface area contributed by atoms with E-state index < -0.39 is 5.60 Å². The highest BCUT2D eigenvalue weighted by molar-refractivity contribution is 5.32. The summed E-state index contributed by atoms with van der Waals surface area (Å²) in [5, 5.41) is 13.6. The minimum Gasteiger partial charge on any atom is -0.388 e. The molecule has 0 aromatic carbocycles. The zero-order valence-corrected chi connectivity index (χ0v) is 11.0. The first-order valence-corrected chi connectivity index (χ1v) is 6.34. The topological polar surface area (TPSA) is 58.0 Å². The number of nitrogens with zero attached hydrogens (tertiary/aromatic N) is 2. The van der Waals surface area contributed by atoms with Gasteiger partial charge < -0.3 is 10.4 Å². The molecule has 2 N–H and O–H groups in total. The van der Waals surface area contributed by atoms with Gasteiger partial charge in [-0.3, -0.25) is 4.98 Å². The average molecular weight is 237 g/mol. The molecule has 1 heterocycles. The van der Waals surface area contributed by atoms with Crippen LogP contribution in [0.25, 0.3) is 0 Å². The maximum absolute atomic E-state index is 10.4. The minimum absolute atomic E-state index is 0.535. The molecule has 17 heavy (non-hydrogen) atoms. The van der Waals surface area contributed by atoms with E-state index in [1.807, 2.05) is 6.92 Å². The Hall–Kier alpha value is -1.16. The summed E-state index contributed by atoms with van der Waals surface area (Å²) < 4.78 is 0. The average Bonchev–Trinajstić information content (AvgIpc) is 2.27. The van der Waals surface area contributed by atoms with E-state index >= 15 is 0 Å². The van der Waals surface area contributed by atoms with Gasteiger partial charge in [0, 0.05) is 12.7 Å². The molecule has 0 unspecified atom stereocenters. The Morgan fingerprint density at radius 1 is 1.24 bits per heavy atom. The van der Waals surface area contributed by atoms with Gasteiger partial charge >= 0.3 is 0 Å². The predicted octanol–water partition coefficient (Wildman–Crippen LogP) is 2.53. The molecule has 0 spiro atoms. The van der Waals surface area contributed by atoms with Crippen molar-refractivity contribution >= 4 is 5.82 Å². The Balaban J connectivity index is 2.57. The van der Waals surface area contributed by atoms with E-state index in [4.69, 9.17) is 0 Å². The monoisotopic (exact) mass is 237 g/mol. The van der Waals surface area contributed by atoms with Gasteiger partial charge in [0.1, 0.15) is 5.82 Å². The zero-order valence-electron chi connectivity index (χ0n) is 11.0. The Morgan fingerprint density at radius 2 is 1.88 bits per heavy atom. The van der Waals surface area contributed by atoms with Crippen molar-refractivity contribution in [3.05, 3.63) is 18.1 Å². The molecule has 4 nitrogen and oxygen atoms in total. The number of rotatable bonds is 7. The van der Waals surface area contributed by atoms with Gasteiger partial charge in [-0.25, -0.2) is 4.98 Å². The predicted molar refractivity (Wildman–Crippen MR) is 70.0 cm³/mol. The molecular weight excluding hydrogens is 214 g/mol. The number of hydrogen-bond donors (Lipinski definition) is 2. The molecule has 0 atom stereocenters. The second-order valence-electron chi connectivity index (χ2n) is 4.62. The minimum atomic E-state index is -0.630. The first-order chi connectivity index (χ1) is 8.09. The largest absolute Gasteiger partial charge is 0.388 e. The molecule has 0 radical (unpaired) electrons. The van der Waals surface area contributed by atoms with Gasteiger partial charge in [-0.05, 0) is 19.8 Å².